The highest BCUT2D eigenvalue weighted by molar-refractivity contribution is 6.11. The second kappa shape index (κ2) is 8.30. The highest BCUT2D eigenvalue weighted by atomic mass is 16.6. The normalized spacial score (nSPS) is 15.1. The first-order valence-corrected chi connectivity index (χ1v) is 7.75. The van der Waals surface area contributed by atoms with E-state index in [1.54, 1.807) is 12.3 Å². The fraction of sp³-hybridized carbons (Fsp3) is 0.438. The monoisotopic (exact) mass is 334 g/mol. The van der Waals surface area contributed by atoms with E-state index in [2.05, 4.69) is 10.2 Å². The molecule has 8 heteroatoms. The van der Waals surface area contributed by atoms with Crippen molar-refractivity contribution in [3.63, 3.8) is 0 Å². The predicted octanol–water partition coefficient (Wildman–Crippen LogP) is 2.04. The highest BCUT2D eigenvalue weighted by Gasteiger charge is 2.24. The Balaban J connectivity index is 2.60. The van der Waals surface area contributed by atoms with Gasteiger partial charge in [0, 0.05) is 61.0 Å². The van der Waals surface area contributed by atoms with Crippen LogP contribution in [0.5, 0.6) is 5.75 Å². The molecule has 24 heavy (non-hydrogen) atoms. The molecule has 0 amide bonds. The topological polar surface area (TPSA) is 101 Å². The molecular formula is C16H22N4O4. The van der Waals surface area contributed by atoms with E-state index in [4.69, 9.17) is 14.9 Å². The summed E-state index contributed by atoms with van der Waals surface area (Å²) in [6.07, 6.45) is 2.89. The Kier molecular flexibility index (Phi) is 6.14. The van der Waals surface area contributed by atoms with Crippen LogP contribution in [0.4, 0.5) is 11.4 Å². The van der Waals surface area contributed by atoms with Crippen molar-refractivity contribution in [2.45, 2.75) is 6.92 Å². The van der Waals surface area contributed by atoms with Gasteiger partial charge in [-0.2, -0.15) is 0 Å². The minimum absolute atomic E-state index is 0.117. The Morgan fingerprint density at radius 1 is 1.50 bits per heavy atom. The number of hydrogen-bond donors (Lipinski definition) is 2. The van der Waals surface area contributed by atoms with Gasteiger partial charge >= 0.3 is 5.69 Å². The van der Waals surface area contributed by atoms with Crippen LogP contribution in [0, 0.1) is 15.5 Å². The van der Waals surface area contributed by atoms with E-state index in [1.807, 2.05) is 6.92 Å². The van der Waals surface area contributed by atoms with E-state index < -0.39 is 4.92 Å². The Labute approximate surface area is 140 Å². The van der Waals surface area contributed by atoms with Crippen LogP contribution in [-0.2, 0) is 4.74 Å². The molecule has 1 saturated heterocycles. The number of hydrogen-bond acceptors (Lipinski definition) is 7. The number of morpholine rings is 1. The Morgan fingerprint density at radius 3 is 2.75 bits per heavy atom. The lowest BCUT2D eigenvalue weighted by Gasteiger charge is -2.31. The van der Waals surface area contributed by atoms with Crippen molar-refractivity contribution in [1.82, 2.24) is 5.32 Å². The summed E-state index contributed by atoms with van der Waals surface area (Å²) >= 11 is 0. The van der Waals surface area contributed by atoms with E-state index in [1.165, 1.54) is 19.4 Å². The summed E-state index contributed by atoms with van der Waals surface area (Å²) in [5.74, 6) is 0.207. The van der Waals surface area contributed by atoms with Crippen LogP contribution in [0.15, 0.2) is 18.3 Å². The maximum Gasteiger partial charge on any atom is 0.311 e. The zero-order valence-corrected chi connectivity index (χ0v) is 13.9. The minimum atomic E-state index is -0.472. The average molecular weight is 334 g/mol. The van der Waals surface area contributed by atoms with Crippen molar-refractivity contribution in [2.75, 3.05) is 44.9 Å². The Hall–Kier alpha value is -2.61. The fourth-order valence-electron chi connectivity index (χ4n) is 2.57. The zero-order valence-electron chi connectivity index (χ0n) is 13.9. The third-order valence-corrected chi connectivity index (χ3v) is 3.77. The summed E-state index contributed by atoms with van der Waals surface area (Å²) in [6.45, 7) is 5.19. The van der Waals surface area contributed by atoms with Gasteiger partial charge in [-0.15, -0.1) is 0 Å². The summed E-state index contributed by atoms with van der Waals surface area (Å²) in [5, 5.41) is 22.1. The number of anilines is 1. The first-order valence-electron chi connectivity index (χ1n) is 7.75. The number of nitrogens with zero attached hydrogens (tertiary/aromatic N) is 2. The van der Waals surface area contributed by atoms with Crippen LogP contribution in [0.1, 0.15) is 12.5 Å². The summed E-state index contributed by atoms with van der Waals surface area (Å²) < 4.78 is 10.6. The van der Waals surface area contributed by atoms with Gasteiger partial charge in [0.15, 0.2) is 5.75 Å². The third-order valence-electron chi connectivity index (χ3n) is 3.77. The van der Waals surface area contributed by atoms with Gasteiger partial charge < -0.3 is 25.1 Å². The third kappa shape index (κ3) is 3.83. The number of benzene rings is 1. The molecule has 1 fully saturated rings. The second-order valence-electron chi connectivity index (χ2n) is 5.20. The fourth-order valence-corrected chi connectivity index (χ4v) is 2.57. The lowest BCUT2D eigenvalue weighted by Crippen LogP contribution is -2.36. The summed E-state index contributed by atoms with van der Waals surface area (Å²) in [4.78, 5) is 13.0. The Bertz CT molecular complexity index is 639. The van der Waals surface area contributed by atoms with E-state index in [0.717, 1.165) is 5.69 Å². The molecule has 0 bridgehead atoms. The number of allylic oxidation sites excluding steroid dienone is 1. The van der Waals surface area contributed by atoms with Crippen molar-refractivity contribution in [3.05, 3.63) is 34.0 Å². The molecule has 1 aromatic carbocycles. The Morgan fingerprint density at radius 2 is 2.21 bits per heavy atom. The van der Waals surface area contributed by atoms with Crippen LogP contribution in [-0.4, -0.2) is 51.1 Å². The molecule has 0 radical (unpaired) electrons. The standard InChI is InChI=1S/C16H22N4O4/c1-3-18-11-12(10-17)13-8-15(20(21)22)16(23-2)9-14(13)19-4-6-24-7-5-19/h8-11,17-18H,3-7H2,1-2H3/b12-11+,17-10?. The number of rotatable bonds is 7. The maximum atomic E-state index is 11.3. The zero-order chi connectivity index (χ0) is 17.5. The number of nitro benzene ring substituents is 1. The predicted molar refractivity (Wildman–Crippen MR) is 93.1 cm³/mol. The van der Waals surface area contributed by atoms with Crippen LogP contribution in [0.3, 0.4) is 0 Å². The largest absolute Gasteiger partial charge is 0.490 e. The van der Waals surface area contributed by atoms with E-state index >= 15 is 0 Å². The highest BCUT2D eigenvalue weighted by Crippen LogP contribution is 2.38. The molecule has 0 spiro atoms. The molecule has 8 nitrogen and oxygen atoms in total. The van der Waals surface area contributed by atoms with Gasteiger partial charge in [0.1, 0.15) is 0 Å². The molecule has 1 aromatic rings. The van der Waals surface area contributed by atoms with Gasteiger partial charge in [-0.25, -0.2) is 0 Å². The van der Waals surface area contributed by atoms with E-state index in [-0.39, 0.29) is 11.4 Å². The van der Waals surface area contributed by atoms with Crippen LogP contribution in [0.25, 0.3) is 5.57 Å². The molecular weight excluding hydrogens is 312 g/mol. The number of ether oxygens (including phenoxy) is 2. The molecule has 130 valence electrons. The average Bonchev–Trinajstić information content (AvgIpc) is 2.62. The quantitative estimate of drug-likeness (QED) is 0.449. The van der Waals surface area contributed by atoms with Crippen LogP contribution in [0.2, 0.25) is 0 Å². The SMILES string of the molecule is CCN/C=C(\C=N)c1cc([N+](=O)[O-])c(OC)cc1N1CCOCC1. The van der Waals surface area contributed by atoms with Crippen molar-refractivity contribution in [3.8, 4) is 5.75 Å². The lowest BCUT2D eigenvalue weighted by atomic mass is 10.0. The molecule has 1 aliphatic heterocycles. The van der Waals surface area contributed by atoms with Crippen molar-refractivity contribution < 1.29 is 14.4 Å². The van der Waals surface area contributed by atoms with Gasteiger partial charge in [0.25, 0.3) is 0 Å². The molecule has 0 unspecified atom stereocenters. The van der Waals surface area contributed by atoms with Gasteiger partial charge in [-0.1, -0.05) is 0 Å². The molecule has 0 saturated carbocycles. The molecule has 2 rings (SSSR count). The van der Waals surface area contributed by atoms with Crippen molar-refractivity contribution in [2.24, 2.45) is 0 Å². The summed E-state index contributed by atoms with van der Waals surface area (Å²) in [7, 11) is 1.41. The van der Waals surface area contributed by atoms with E-state index in [0.29, 0.717) is 44.0 Å². The van der Waals surface area contributed by atoms with Gasteiger partial charge in [0.05, 0.1) is 25.2 Å². The van der Waals surface area contributed by atoms with Gasteiger partial charge in [-0.3, -0.25) is 10.1 Å². The van der Waals surface area contributed by atoms with Crippen LogP contribution < -0.4 is 15.0 Å². The first kappa shape index (κ1) is 17.7. The van der Waals surface area contributed by atoms with Gasteiger partial charge in [0.2, 0.25) is 0 Å². The number of nitro groups is 1. The number of nitrogens with one attached hydrogen (secondary N) is 2. The molecule has 0 aromatic heterocycles. The van der Waals surface area contributed by atoms with Crippen molar-refractivity contribution in [1.29, 1.82) is 5.41 Å². The summed E-state index contributed by atoms with van der Waals surface area (Å²) in [6, 6.07) is 3.14. The summed E-state index contributed by atoms with van der Waals surface area (Å²) in [5.41, 5.74) is 1.88. The second-order valence-corrected chi connectivity index (χ2v) is 5.20. The lowest BCUT2D eigenvalue weighted by molar-refractivity contribution is -0.385. The molecule has 1 heterocycles. The molecule has 1 aliphatic rings. The molecule has 2 N–H and O–H groups in total. The smallest absolute Gasteiger partial charge is 0.311 e. The maximum absolute atomic E-state index is 11.3. The first-order chi connectivity index (χ1) is 11.6. The van der Waals surface area contributed by atoms with Crippen molar-refractivity contribution >= 4 is 23.2 Å². The van der Waals surface area contributed by atoms with Crippen LogP contribution >= 0.6 is 0 Å². The molecule has 0 atom stereocenters. The van der Waals surface area contributed by atoms with E-state index in [9.17, 15) is 10.1 Å². The van der Waals surface area contributed by atoms with Gasteiger partial charge in [-0.05, 0) is 6.92 Å². The molecule has 0 aliphatic carbocycles. The minimum Gasteiger partial charge on any atom is -0.490 e. The number of methoxy groups -OCH3 is 1.